The highest BCUT2D eigenvalue weighted by molar-refractivity contribution is 7.20. The number of fused-ring (bicyclic) bond motifs is 1. The summed E-state index contributed by atoms with van der Waals surface area (Å²) in [6.07, 6.45) is 1.63. The fourth-order valence-corrected chi connectivity index (χ4v) is 3.97. The Morgan fingerprint density at radius 2 is 2.25 bits per heavy atom. The average molecular weight is 361 g/mol. The Morgan fingerprint density at radius 3 is 2.92 bits per heavy atom. The van der Waals surface area contributed by atoms with E-state index < -0.39 is 5.97 Å². The van der Waals surface area contributed by atoms with Crippen molar-refractivity contribution in [2.24, 2.45) is 5.10 Å². The number of thiophene rings is 2. The number of hydrogen-bond donors (Lipinski definition) is 0. The zero-order chi connectivity index (χ0) is 17.3. The molecule has 6 nitrogen and oxygen atoms in total. The van der Waals surface area contributed by atoms with Crippen LogP contribution in [-0.4, -0.2) is 28.5 Å². The summed E-state index contributed by atoms with van der Waals surface area (Å²) in [7, 11) is 0. The fraction of sp³-hybridized carbons (Fsp3) is 0.250. The number of hydrogen-bond acceptors (Lipinski definition) is 7. The molecule has 0 saturated carbocycles. The minimum atomic E-state index is -0.427. The van der Waals surface area contributed by atoms with E-state index in [4.69, 9.17) is 4.74 Å². The third-order valence-corrected chi connectivity index (χ3v) is 5.38. The van der Waals surface area contributed by atoms with Crippen LogP contribution in [0.4, 0.5) is 0 Å². The van der Waals surface area contributed by atoms with Gasteiger partial charge in [-0.3, -0.25) is 4.79 Å². The van der Waals surface area contributed by atoms with Gasteiger partial charge >= 0.3 is 5.97 Å². The number of aromatic nitrogens is 2. The summed E-state index contributed by atoms with van der Waals surface area (Å²) in [5.41, 5.74) is 0.306. The van der Waals surface area contributed by atoms with Gasteiger partial charge in [-0.25, -0.2) is 9.78 Å². The third-order valence-electron chi connectivity index (χ3n) is 3.41. The summed E-state index contributed by atoms with van der Waals surface area (Å²) in [5.74, 6) is 0.0423. The van der Waals surface area contributed by atoms with Crippen LogP contribution in [0.2, 0.25) is 0 Å². The Hall–Kier alpha value is -2.32. The molecule has 0 aliphatic rings. The predicted molar refractivity (Wildman–Crippen MR) is 96.6 cm³/mol. The molecule has 0 fully saturated rings. The first kappa shape index (κ1) is 16.5. The third kappa shape index (κ3) is 2.90. The quantitative estimate of drug-likeness (QED) is 0.528. The number of ether oxygens (including phenoxy) is 1. The second-order valence-electron chi connectivity index (χ2n) is 4.99. The van der Waals surface area contributed by atoms with Crippen LogP contribution >= 0.6 is 22.7 Å². The maximum absolute atomic E-state index is 12.8. The van der Waals surface area contributed by atoms with Gasteiger partial charge in [0.25, 0.3) is 5.56 Å². The van der Waals surface area contributed by atoms with E-state index in [1.165, 1.54) is 27.3 Å². The summed E-state index contributed by atoms with van der Waals surface area (Å²) >= 11 is 2.71. The van der Waals surface area contributed by atoms with Crippen LogP contribution in [0.3, 0.4) is 0 Å². The molecule has 0 spiro atoms. The van der Waals surface area contributed by atoms with E-state index in [9.17, 15) is 9.59 Å². The van der Waals surface area contributed by atoms with Crippen molar-refractivity contribution in [3.8, 4) is 0 Å². The van der Waals surface area contributed by atoms with Crippen LogP contribution in [0.25, 0.3) is 10.2 Å². The molecule has 0 saturated heterocycles. The smallest absolute Gasteiger partial charge is 0.348 e. The molecule has 0 radical (unpaired) electrons. The van der Waals surface area contributed by atoms with Gasteiger partial charge in [-0.1, -0.05) is 6.07 Å². The van der Waals surface area contributed by atoms with Crippen LogP contribution in [0.5, 0.6) is 0 Å². The average Bonchev–Trinajstić information content (AvgIpc) is 3.15. The number of aryl methyl sites for hydroxylation is 2. The molecule has 24 heavy (non-hydrogen) atoms. The van der Waals surface area contributed by atoms with Crippen molar-refractivity contribution >= 4 is 45.1 Å². The number of esters is 1. The molecular weight excluding hydrogens is 346 g/mol. The molecule has 8 heteroatoms. The molecular formula is C16H15N3O3S2. The fourth-order valence-electron chi connectivity index (χ4n) is 2.28. The second kappa shape index (κ2) is 6.66. The van der Waals surface area contributed by atoms with Gasteiger partial charge in [0, 0.05) is 4.88 Å². The Morgan fingerprint density at radius 1 is 1.46 bits per heavy atom. The molecule has 0 aliphatic heterocycles. The summed E-state index contributed by atoms with van der Waals surface area (Å²) in [5, 5.41) is 6.60. The normalized spacial score (nSPS) is 11.5. The first-order chi connectivity index (χ1) is 11.5. The van der Waals surface area contributed by atoms with E-state index >= 15 is 0 Å². The van der Waals surface area contributed by atoms with Crippen molar-refractivity contribution in [1.29, 1.82) is 0 Å². The number of rotatable bonds is 4. The first-order valence-electron chi connectivity index (χ1n) is 7.30. The summed E-state index contributed by atoms with van der Waals surface area (Å²) < 4.78 is 6.30. The molecule has 0 aromatic carbocycles. The molecule has 0 N–H and O–H groups in total. The maximum Gasteiger partial charge on any atom is 0.348 e. The largest absolute Gasteiger partial charge is 0.462 e. The van der Waals surface area contributed by atoms with E-state index in [2.05, 4.69) is 10.1 Å². The first-order valence-corrected chi connectivity index (χ1v) is 9.00. The lowest BCUT2D eigenvalue weighted by atomic mass is 10.2. The SMILES string of the molecule is CCOC(=O)c1sc2nc(C)n(/N=C/c3cccs3)c(=O)c2c1C. The maximum atomic E-state index is 12.8. The molecule has 3 aromatic rings. The Bertz CT molecular complexity index is 984. The molecule has 3 heterocycles. The van der Waals surface area contributed by atoms with Crippen molar-refractivity contribution in [3.63, 3.8) is 0 Å². The van der Waals surface area contributed by atoms with Crippen LogP contribution < -0.4 is 5.56 Å². The van der Waals surface area contributed by atoms with E-state index in [1.54, 1.807) is 27.0 Å². The van der Waals surface area contributed by atoms with E-state index in [1.807, 2.05) is 17.5 Å². The number of nitrogens with zero attached hydrogens (tertiary/aromatic N) is 3. The topological polar surface area (TPSA) is 73.5 Å². The molecule has 0 amide bonds. The van der Waals surface area contributed by atoms with Gasteiger partial charge in [0.15, 0.2) is 0 Å². The molecule has 124 valence electrons. The van der Waals surface area contributed by atoms with Crippen LogP contribution in [0.1, 0.15) is 32.9 Å². The summed E-state index contributed by atoms with van der Waals surface area (Å²) in [6.45, 7) is 5.48. The molecule has 0 bridgehead atoms. The Labute approximate surface area is 146 Å². The number of carbonyl (C=O) groups is 1. The van der Waals surface area contributed by atoms with Crippen molar-refractivity contribution in [2.75, 3.05) is 6.61 Å². The van der Waals surface area contributed by atoms with E-state index in [0.29, 0.717) is 26.5 Å². The van der Waals surface area contributed by atoms with Gasteiger partial charge < -0.3 is 4.74 Å². The summed E-state index contributed by atoms with van der Waals surface area (Å²) in [6, 6.07) is 3.83. The van der Waals surface area contributed by atoms with Crippen molar-refractivity contribution in [1.82, 2.24) is 9.66 Å². The molecule has 0 unspecified atom stereocenters. The lowest BCUT2D eigenvalue weighted by Gasteiger charge is -2.03. The minimum Gasteiger partial charge on any atom is -0.462 e. The minimum absolute atomic E-state index is 0.283. The molecule has 3 aromatic heterocycles. The Balaban J connectivity index is 2.14. The van der Waals surface area contributed by atoms with Crippen molar-refractivity contribution < 1.29 is 9.53 Å². The highest BCUT2D eigenvalue weighted by atomic mass is 32.1. The van der Waals surface area contributed by atoms with Gasteiger partial charge in [0.2, 0.25) is 0 Å². The van der Waals surface area contributed by atoms with Gasteiger partial charge in [0.05, 0.1) is 18.2 Å². The van der Waals surface area contributed by atoms with Gasteiger partial charge in [-0.2, -0.15) is 9.78 Å². The zero-order valence-electron chi connectivity index (χ0n) is 13.4. The second-order valence-corrected chi connectivity index (χ2v) is 6.97. The molecule has 3 rings (SSSR count). The standard InChI is InChI=1S/C16H15N3O3S2/c1-4-22-16(21)13-9(2)12-14(24-13)18-10(3)19(15(12)20)17-8-11-6-5-7-23-11/h5-8H,4H2,1-3H3/b17-8+. The monoisotopic (exact) mass is 361 g/mol. The van der Waals surface area contributed by atoms with Gasteiger partial charge in [-0.05, 0) is 37.8 Å². The predicted octanol–water partition coefficient (Wildman–Crippen LogP) is 3.20. The Kier molecular flexibility index (Phi) is 4.59. The summed E-state index contributed by atoms with van der Waals surface area (Å²) in [4.78, 5) is 31.1. The highest BCUT2D eigenvalue weighted by Crippen LogP contribution is 2.28. The lowest BCUT2D eigenvalue weighted by molar-refractivity contribution is 0.0531. The van der Waals surface area contributed by atoms with E-state index in [0.717, 1.165) is 4.88 Å². The van der Waals surface area contributed by atoms with Crippen molar-refractivity contribution in [3.05, 3.63) is 49.0 Å². The molecule has 0 aliphatic carbocycles. The van der Waals surface area contributed by atoms with Gasteiger partial charge in [-0.15, -0.1) is 22.7 Å². The van der Waals surface area contributed by atoms with Crippen molar-refractivity contribution in [2.45, 2.75) is 20.8 Å². The van der Waals surface area contributed by atoms with Gasteiger partial charge in [0.1, 0.15) is 15.5 Å². The molecule has 0 atom stereocenters. The zero-order valence-corrected chi connectivity index (χ0v) is 15.0. The van der Waals surface area contributed by atoms with Crippen LogP contribution in [0.15, 0.2) is 27.4 Å². The number of carbonyl (C=O) groups excluding carboxylic acids is 1. The van der Waals surface area contributed by atoms with E-state index in [-0.39, 0.29) is 12.2 Å². The van der Waals surface area contributed by atoms with Crippen LogP contribution in [-0.2, 0) is 4.74 Å². The highest BCUT2D eigenvalue weighted by Gasteiger charge is 2.21. The lowest BCUT2D eigenvalue weighted by Crippen LogP contribution is -2.20. The van der Waals surface area contributed by atoms with Crippen LogP contribution in [0, 0.1) is 13.8 Å².